The van der Waals surface area contributed by atoms with Crippen LogP contribution in [0.2, 0.25) is 0 Å². The van der Waals surface area contributed by atoms with Gasteiger partial charge >= 0.3 is 0 Å². The molecule has 5 rings (SSSR count). The number of carbonyl (C=O) groups is 1. The third-order valence-electron chi connectivity index (χ3n) is 7.10. The number of pyridine rings is 1. The summed E-state index contributed by atoms with van der Waals surface area (Å²) in [6, 6.07) is 6.11. The Morgan fingerprint density at radius 3 is 2.70 bits per heavy atom. The Morgan fingerprint density at radius 1 is 1.12 bits per heavy atom. The number of hydrogen-bond donors (Lipinski definition) is 1. The van der Waals surface area contributed by atoms with Gasteiger partial charge < -0.3 is 10.2 Å². The number of fused-ring (bicyclic) bond motifs is 1. The van der Waals surface area contributed by atoms with Crippen LogP contribution in [0.4, 0.5) is 5.82 Å². The minimum atomic E-state index is 0.342. The molecule has 7 nitrogen and oxygen atoms in total. The molecule has 0 unspecified atom stereocenters. The molecule has 3 aromatic rings. The van der Waals surface area contributed by atoms with Crippen LogP contribution in [0.15, 0.2) is 41.3 Å². The highest BCUT2D eigenvalue weighted by Crippen LogP contribution is 2.32. The second-order valence-electron chi connectivity index (χ2n) is 9.37. The molecule has 8 heteroatoms. The lowest BCUT2D eigenvalue weighted by Gasteiger charge is -2.33. The zero-order valence-corrected chi connectivity index (χ0v) is 20.5. The van der Waals surface area contributed by atoms with Crippen molar-refractivity contribution in [1.29, 1.82) is 0 Å². The van der Waals surface area contributed by atoms with E-state index in [1.165, 1.54) is 32.1 Å². The monoisotopic (exact) mass is 510 g/mol. The van der Waals surface area contributed by atoms with Gasteiger partial charge in [-0.1, -0.05) is 25.3 Å². The molecule has 174 valence electrons. The molecule has 3 aromatic heterocycles. The zero-order valence-electron chi connectivity index (χ0n) is 18.9. The predicted octanol–water partition coefficient (Wildman–Crippen LogP) is 5.18. The summed E-state index contributed by atoms with van der Waals surface area (Å²) in [7, 11) is 0. The largest absolute Gasteiger partial charge is 0.366 e. The molecule has 1 aliphatic heterocycles. The second kappa shape index (κ2) is 10.2. The van der Waals surface area contributed by atoms with E-state index in [9.17, 15) is 4.79 Å². The number of nitrogens with one attached hydrogen (secondary N) is 1. The van der Waals surface area contributed by atoms with Gasteiger partial charge in [0, 0.05) is 56.1 Å². The van der Waals surface area contributed by atoms with E-state index >= 15 is 0 Å². The number of piperidine rings is 1. The van der Waals surface area contributed by atoms with E-state index in [1.807, 2.05) is 16.8 Å². The first-order valence-electron chi connectivity index (χ1n) is 12.1. The van der Waals surface area contributed by atoms with Gasteiger partial charge in [0.25, 0.3) is 0 Å². The molecule has 4 heterocycles. The van der Waals surface area contributed by atoms with Crippen LogP contribution < -0.4 is 5.32 Å². The molecular formula is C25H31BrN6O. The Hall–Kier alpha value is -2.48. The minimum Gasteiger partial charge on any atom is -0.366 e. The molecule has 0 spiro atoms. The van der Waals surface area contributed by atoms with E-state index in [1.54, 1.807) is 12.4 Å². The summed E-state index contributed by atoms with van der Waals surface area (Å²) in [6.07, 6.45) is 14.4. The summed E-state index contributed by atoms with van der Waals surface area (Å²) in [5.41, 5.74) is 2.99. The fourth-order valence-electron chi connectivity index (χ4n) is 5.18. The van der Waals surface area contributed by atoms with E-state index < -0.39 is 0 Å². The maximum atomic E-state index is 12.8. The molecule has 2 aliphatic rings. The number of rotatable bonds is 6. The molecule has 1 N–H and O–H groups in total. The lowest BCUT2D eigenvalue weighted by molar-refractivity contribution is -0.133. The summed E-state index contributed by atoms with van der Waals surface area (Å²) >= 11 is 3.59. The molecule has 33 heavy (non-hydrogen) atoms. The Kier molecular flexibility index (Phi) is 6.90. The zero-order chi connectivity index (χ0) is 22.6. The summed E-state index contributed by atoms with van der Waals surface area (Å²) in [6.45, 7) is 2.31. The number of likely N-dealkylation sites (tertiary alicyclic amines) is 1. The first kappa shape index (κ1) is 22.3. The molecule has 0 bridgehead atoms. The van der Waals surface area contributed by atoms with Crippen LogP contribution in [0, 0.1) is 5.92 Å². The lowest BCUT2D eigenvalue weighted by atomic mass is 9.86. The molecule has 0 atom stereocenters. The van der Waals surface area contributed by atoms with E-state index in [-0.39, 0.29) is 0 Å². The van der Waals surface area contributed by atoms with E-state index in [4.69, 9.17) is 4.98 Å². The molecule has 0 aromatic carbocycles. The lowest BCUT2D eigenvalue weighted by Crippen LogP contribution is -2.39. The average molecular weight is 511 g/mol. The molecule has 1 aliphatic carbocycles. The van der Waals surface area contributed by atoms with Crippen LogP contribution in [-0.4, -0.2) is 43.5 Å². The van der Waals surface area contributed by atoms with Crippen molar-refractivity contribution in [3.05, 3.63) is 52.5 Å². The van der Waals surface area contributed by atoms with Gasteiger partial charge in [0.2, 0.25) is 5.91 Å². The standard InChI is InChI=1S/C25H31BrN6O/c26-21-17-29-32-23(28-16-19-7-4-10-27-15-19)14-22(30-25(21)32)20-8-11-31(12-9-20)24(33)13-18-5-2-1-3-6-18/h4,7,10,14-15,17-18,20,28H,1-3,5-6,8-9,11-13,16H2. The van der Waals surface area contributed by atoms with Crippen molar-refractivity contribution < 1.29 is 4.79 Å². The highest BCUT2D eigenvalue weighted by molar-refractivity contribution is 9.10. The molecule has 2 fully saturated rings. The number of halogens is 1. The smallest absolute Gasteiger partial charge is 0.222 e. The van der Waals surface area contributed by atoms with Crippen molar-refractivity contribution in [2.45, 2.75) is 63.8 Å². The van der Waals surface area contributed by atoms with Crippen molar-refractivity contribution in [3.63, 3.8) is 0 Å². The number of amides is 1. The van der Waals surface area contributed by atoms with Crippen LogP contribution in [0.5, 0.6) is 0 Å². The van der Waals surface area contributed by atoms with Crippen molar-refractivity contribution in [2.24, 2.45) is 5.92 Å². The first-order valence-corrected chi connectivity index (χ1v) is 12.9. The summed E-state index contributed by atoms with van der Waals surface area (Å²) < 4.78 is 2.72. The number of anilines is 1. The van der Waals surface area contributed by atoms with E-state index in [2.05, 4.69) is 48.4 Å². The molecule has 1 saturated carbocycles. The number of nitrogens with zero attached hydrogens (tertiary/aromatic N) is 5. The summed E-state index contributed by atoms with van der Waals surface area (Å²) in [5.74, 6) is 2.21. The first-order chi connectivity index (χ1) is 16.2. The third kappa shape index (κ3) is 5.21. The van der Waals surface area contributed by atoms with E-state index in [0.29, 0.717) is 24.3 Å². The van der Waals surface area contributed by atoms with Gasteiger partial charge in [-0.05, 0) is 59.2 Å². The fourth-order valence-corrected chi connectivity index (χ4v) is 5.53. The van der Waals surface area contributed by atoms with Crippen LogP contribution in [0.25, 0.3) is 5.65 Å². The maximum Gasteiger partial charge on any atom is 0.222 e. The number of aromatic nitrogens is 4. The number of carbonyl (C=O) groups excluding carboxylic acids is 1. The van der Waals surface area contributed by atoms with Gasteiger partial charge in [0.05, 0.1) is 10.7 Å². The van der Waals surface area contributed by atoms with Crippen LogP contribution in [0.3, 0.4) is 0 Å². The van der Waals surface area contributed by atoms with Gasteiger partial charge in [-0.2, -0.15) is 9.61 Å². The molecule has 0 radical (unpaired) electrons. The fraction of sp³-hybridized carbons (Fsp3) is 0.520. The predicted molar refractivity (Wildman–Crippen MR) is 132 cm³/mol. The normalized spacial score (nSPS) is 18.0. The highest BCUT2D eigenvalue weighted by Gasteiger charge is 2.27. The van der Waals surface area contributed by atoms with E-state index in [0.717, 1.165) is 59.5 Å². The summed E-state index contributed by atoms with van der Waals surface area (Å²) in [4.78, 5) is 24.1. The topological polar surface area (TPSA) is 75.4 Å². The summed E-state index contributed by atoms with van der Waals surface area (Å²) in [5, 5.41) is 7.99. The minimum absolute atomic E-state index is 0.342. The van der Waals surface area contributed by atoms with Gasteiger partial charge in [-0.25, -0.2) is 4.98 Å². The van der Waals surface area contributed by atoms with Gasteiger partial charge in [0.15, 0.2) is 5.65 Å². The van der Waals surface area contributed by atoms with Gasteiger partial charge in [-0.3, -0.25) is 9.78 Å². The van der Waals surface area contributed by atoms with Crippen molar-refractivity contribution >= 4 is 33.3 Å². The number of hydrogen-bond acceptors (Lipinski definition) is 5. The maximum absolute atomic E-state index is 12.8. The Labute approximate surface area is 203 Å². The van der Waals surface area contributed by atoms with Crippen molar-refractivity contribution in [2.75, 3.05) is 18.4 Å². The van der Waals surface area contributed by atoms with Crippen LogP contribution >= 0.6 is 15.9 Å². The second-order valence-corrected chi connectivity index (χ2v) is 10.2. The molecule has 1 amide bonds. The van der Waals surface area contributed by atoms with Crippen LogP contribution in [-0.2, 0) is 11.3 Å². The van der Waals surface area contributed by atoms with Crippen molar-refractivity contribution in [3.8, 4) is 0 Å². The van der Waals surface area contributed by atoms with Gasteiger partial charge in [-0.15, -0.1) is 0 Å². The SMILES string of the molecule is O=C(CC1CCCCC1)N1CCC(c2cc(NCc3cccnc3)n3ncc(Br)c3n2)CC1. The Morgan fingerprint density at radius 2 is 1.94 bits per heavy atom. The van der Waals surface area contributed by atoms with Crippen LogP contribution in [0.1, 0.15) is 68.5 Å². The molecular weight excluding hydrogens is 480 g/mol. The molecule has 1 saturated heterocycles. The Bertz CT molecular complexity index is 1090. The van der Waals surface area contributed by atoms with Crippen molar-refractivity contribution in [1.82, 2.24) is 24.5 Å². The van der Waals surface area contributed by atoms with Gasteiger partial charge in [0.1, 0.15) is 5.82 Å². The quantitative estimate of drug-likeness (QED) is 0.494. The average Bonchev–Trinajstić information content (AvgIpc) is 3.24. The highest BCUT2D eigenvalue weighted by atomic mass is 79.9. The Balaban J connectivity index is 1.26. The third-order valence-corrected chi connectivity index (χ3v) is 7.66.